The summed E-state index contributed by atoms with van der Waals surface area (Å²) in [5.74, 6) is 0.0909. The van der Waals surface area contributed by atoms with Crippen molar-refractivity contribution in [3.8, 4) is 5.75 Å². The van der Waals surface area contributed by atoms with Crippen LogP contribution in [0.1, 0.15) is 12.8 Å². The molecule has 1 aromatic rings. The van der Waals surface area contributed by atoms with Crippen molar-refractivity contribution < 1.29 is 23.8 Å². The molecule has 0 aromatic heterocycles. The summed E-state index contributed by atoms with van der Waals surface area (Å²) in [4.78, 5) is 11.6. The van der Waals surface area contributed by atoms with Crippen molar-refractivity contribution in [2.24, 2.45) is 0 Å². The summed E-state index contributed by atoms with van der Waals surface area (Å²) >= 11 is 0. The second kappa shape index (κ2) is 9.28. The van der Waals surface area contributed by atoms with Crippen molar-refractivity contribution in [3.63, 3.8) is 0 Å². The van der Waals surface area contributed by atoms with Crippen LogP contribution in [0.5, 0.6) is 5.75 Å². The summed E-state index contributed by atoms with van der Waals surface area (Å²) in [5, 5.41) is 11.7. The van der Waals surface area contributed by atoms with Crippen molar-refractivity contribution in [3.05, 3.63) is 30.1 Å². The van der Waals surface area contributed by atoms with Crippen LogP contribution in [0, 0.1) is 5.82 Å². The smallest absolute Gasteiger partial charge is 0.220 e. The Hall–Kier alpha value is -1.66. The normalized spacial score (nSPS) is 11.9. The summed E-state index contributed by atoms with van der Waals surface area (Å²) in [6.45, 7) is 0.479. The monoisotopic (exact) mass is 285 g/mol. The number of halogens is 1. The fourth-order valence-electron chi connectivity index (χ4n) is 1.59. The zero-order valence-electron chi connectivity index (χ0n) is 11.5. The largest absolute Gasteiger partial charge is 0.494 e. The van der Waals surface area contributed by atoms with E-state index in [1.165, 1.54) is 31.4 Å². The minimum atomic E-state index is -0.384. The number of carbonyl (C=O) groups is 1. The predicted molar refractivity (Wildman–Crippen MR) is 72.0 cm³/mol. The Bertz CT molecular complexity index is 397. The average Bonchev–Trinajstić information content (AvgIpc) is 2.45. The molecule has 1 aromatic carbocycles. The zero-order chi connectivity index (χ0) is 14.8. The highest BCUT2D eigenvalue weighted by molar-refractivity contribution is 5.76. The molecule has 1 rings (SSSR count). The number of hydrogen-bond acceptors (Lipinski definition) is 4. The molecule has 0 fully saturated rings. The predicted octanol–water partition coefficient (Wildman–Crippen LogP) is 1.11. The lowest BCUT2D eigenvalue weighted by Gasteiger charge is -2.15. The maximum Gasteiger partial charge on any atom is 0.220 e. The van der Waals surface area contributed by atoms with E-state index < -0.39 is 0 Å². The first-order valence-corrected chi connectivity index (χ1v) is 6.43. The molecule has 6 heteroatoms. The van der Waals surface area contributed by atoms with Crippen molar-refractivity contribution in [1.82, 2.24) is 5.32 Å². The minimum Gasteiger partial charge on any atom is -0.494 e. The average molecular weight is 285 g/mol. The molecule has 0 aliphatic carbocycles. The van der Waals surface area contributed by atoms with E-state index in [9.17, 15) is 9.18 Å². The van der Waals surface area contributed by atoms with Crippen LogP contribution in [-0.2, 0) is 9.53 Å². The topological polar surface area (TPSA) is 67.8 Å². The van der Waals surface area contributed by atoms with Gasteiger partial charge in [0.15, 0.2) is 0 Å². The molecule has 1 atom stereocenters. The first-order valence-electron chi connectivity index (χ1n) is 6.43. The zero-order valence-corrected chi connectivity index (χ0v) is 11.5. The summed E-state index contributed by atoms with van der Waals surface area (Å²) in [6, 6.07) is 5.33. The fourth-order valence-corrected chi connectivity index (χ4v) is 1.59. The molecular formula is C14H20FNO4. The number of carbonyl (C=O) groups excluding carboxylic acids is 1. The highest BCUT2D eigenvalue weighted by Gasteiger charge is 2.10. The van der Waals surface area contributed by atoms with E-state index in [1.54, 1.807) is 0 Å². The maximum atomic E-state index is 12.7. The maximum absolute atomic E-state index is 12.7. The third-order valence-corrected chi connectivity index (χ3v) is 2.58. The fraction of sp³-hybridized carbons (Fsp3) is 0.500. The standard InChI is InChI=1S/C14H20FNO4/c1-19-10-12(9-17)16-14(18)3-2-8-20-13-6-4-11(15)5-7-13/h4-7,12,17H,2-3,8-10H2,1H3,(H,16,18). The number of amides is 1. The molecule has 0 radical (unpaired) electrons. The number of hydrogen-bond donors (Lipinski definition) is 2. The molecule has 0 saturated heterocycles. The van der Waals surface area contributed by atoms with E-state index in [2.05, 4.69) is 5.32 Å². The molecule has 0 spiro atoms. The number of rotatable bonds is 9. The molecular weight excluding hydrogens is 265 g/mol. The molecule has 112 valence electrons. The van der Waals surface area contributed by atoms with Gasteiger partial charge < -0.3 is 19.9 Å². The lowest BCUT2D eigenvalue weighted by atomic mass is 10.2. The van der Waals surface area contributed by atoms with Gasteiger partial charge in [-0.3, -0.25) is 4.79 Å². The van der Waals surface area contributed by atoms with Crippen LogP contribution in [0.15, 0.2) is 24.3 Å². The highest BCUT2D eigenvalue weighted by Crippen LogP contribution is 2.11. The molecule has 1 amide bonds. The van der Waals surface area contributed by atoms with Gasteiger partial charge in [-0.15, -0.1) is 0 Å². The van der Waals surface area contributed by atoms with Gasteiger partial charge in [-0.1, -0.05) is 0 Å². The van der Waals surface area contributed by atoms with E-state index in [0.29, 0.717) is 25.2 Å². The summed E-state index contributed by atoms with van der Waals surface area (Å²) in [6.07, 6.45) is 0.829. The molecule has 1 unspecified atom stereocenters. The molecule has 2 N–H and O–H groups in total. The van der Waals surface area contributed by atoms with Crippen LogP contribution in [0.25, 0.3) is 0 Å². The first-order chi connectivity index (χ1) is 9.65. The first kappa shape index (κ1) is 16.4. The Balaban J connectivity index is 2.17. The van der Waals surface area contributed by atoms with Gasteiger partial charge in [0.25, 0.3) is 0 Å². The van der Waals surface area contributed by atoms with Crippen molar-refractivity contribution in [2.45, 2.75) is 18.9 Å². The Labute approximate surface area is 117 Å². The number of aliphatic hydroxyl groups is 1. The van der Waals surface area contributed by atoms with Crippen LogP contribution in [0.4, 0.5) is 4.39 Å². The van der Waals surface area contributed by atoms with E-state index >= 15 is 0 Å². The molecule has 0 aliphatic rings. The Morgan fingerprint density at radius 2 is 2.10 bits per heavy atom. The lowest BCUT2D eigenvalue weighted by molar-refractivity contribution is -0.122. The van der Waals surface area contributed by atoms with Gasteiger partial charge in [0.05, 0.1) is 25.9 Å². The third-order valence-electron chi connectivity index (χ3n) is 2.58. The van der Waals surface area contributed by atoms with Crippen LogP contribution < -0.4 is 10.1 Å². The van der Waals surface area contributed by atoms with E-state index in [1.807, 2.05) is 0 Å². The van der Waals surface area contributed by atoms with Gasteiger partial charge in [-0.05, 0) is 30.7 Å². The van der Waals surface area contributed by atoms with Gasteiger partial charge in [-0.25, -0.2) is 4.39 Å². The minimum absolute atomic E-state index is 0.161. The second-order valence-corrected chi connectivity index (χ2v) is 4.31. The van der Waals surface area contributed by atoms with Crippen molar-refractivity contribution >= 4 is 5.91 Å². The number of ether oxygens (including phenoxy) is 2. The van der Waals surface area contributed by atoms with E-state index in [4.69, 9.17) is 14.6 Å². The third kappa shape index (κ3) is 6.49. The van der Waals surface area contributed by atoms with Crippen LogP contribution in [0.2, 0.25) is 0 Å². The number of nitrogens with one attached hydrogen (secondary N) is 1. The number of benzene rings is 1. The van der Waals surface area contributed by atoms with Gasteiger partial charge in [0, 0.05) is 13.5 Å². The molecule has 0 aliphatic heterocycles. The summed E-state index contributed by atoms with van der Waals surface area (Å²) < 4.78 is 22.9. The molecule has 5 nitrogen and oxygen atoms in total. The van der Waals surface area contributed by atoms with Crippen LogP contribution in [0.3, 0.4) is 0 Å². The lowest BCUT2D eigenvalue weighted by Crippen LogP contribution is -2.40. The van der Waals surface area contributed by atoms with Gasteiger partial charge in [0.2, 0.25) is 5.91 Å². The second-order valence-electron chi connectivity index (χ2n) is 4.31. The molecule has 20 heavy (non-hydrogen) atoms. The Kier molecular flexibility index (Phi) is 7.60. The van der Waals surface area contributed by atoms with Crippen molar-refractivity contribution in [2.75, 3.05) is 26.9 Å². The molecule has 0 bridgehead atoms. The summed E-state index contributed by atoms with van der Waals surface area (Å²) in [5.41, 5.74) is 0. The Morgan fingerprint density at radius 1 is 1.40 bits per heavy atom. The summed E-state index contributed by atoms with van der Waals surface area (Å²) in [7, 11) is 1.51. The van der Waals surface area contributed by atoms with E-state index in [0.717, 1.165) is 0 Å². The van der Waals surface area contributed by atoms with Gasteiger partial charge >= 0.3 is 0 Å². The highest BCUT2D eigenvalue weighted by atomic mass is 19.1. The number of methoxy groups -OCH3 is 1. The SMILES string of the molecule is COCC(CO)NC(=O)CCCOc1ccc(F)cc1. The van der Waals surface area contributed by atoms with Crippen LogP contribution >= 0.6 is 0 Å². The quantitative estimate of drug-likeness (QED) is 0.667. The van der Waals surface area contributed by atoms with E-state index in [-0.39, 0.29) is 31.0 Å². The van der Waals surface area contributed by atoms with Gasteiger partial charge in [-0.2, -0.15) is 0 Å². The molecule has 0 heterocycles. The van der Waals surface area contributed by atoms with Crippen LogP contribution in [-0.4, -0.2) is 44.0 Å². The Morgan fingerprint density at radius 3 is 2.70 bits per heavy atom. The van der Waals surface area contributed by atoms with Gasteiger partial charge in [0.1, 0.15) is 11.6 Å². The van der Waals surface area contributed by atoms with Crippen molar-refractivity contribution in [1.29, 1.82) is 0 Å². The number of aliphatic hydroxyl groups excluding tert-OH is 1. The molecule has 0 saturated carbocycles.